The molecule has 0 bridgehead atoms. The van der Waals surface area contributed by atoms with E-state index < -0.39 is 27.5 Å². The molecule has 47 heavy (non-hydrogen) atoms. The smallest absolute Gasteiger partial charge is 0.192 e. The fraction of sp³-hybridized carbons (Fsp3) is 0.846. The zero-order valence-electron chi connectivity index (χ0n) is 33.5. The average molecular weight is 693 g/mol. The molecule has 0 unspecified atom stereocenters. The van der Waals surface area contributed by atoms with E-state index in [9.17, 15) is 19.2 Å². The second-order valence-corrected chi connectivity index (χ2v) is 28.1. The minimum atomic E-state index is -1.97. The number of hydrogen-bond acceptors (Lipinski definition) is 6. The van der Waals surface area contributed by atoms with Crippen LogP contribution < -0.4 is 0 Å². The fourth-order valence-electron chi connectivity index (χ4n) is 6.46. The van der Waals surface area contributed by atoms with Crippen LogP contribution in [0.25, 0.3) is 0 Å². The number of Topliss-reactive ketones (excluding diaryl/α,β-unsaturated/α-hetero) is 4. The van der Waals surface area contributed by atoms with Crippen molar-refractivity contribution in [2.45, 2.75) is 183 Å². The number of hydrogen-bond donors (Lipinski definition) is 0. The quantitative estimate of drug-likeness (QED) is 0.158. The van der Waals surface area contributed by atoms with Gasteiger partial charge in [-0.25, -0.2) is 0 Å². The molecule has 8 heteroatoms. The fourth-order valence-corrected chi connectivity index (χ4v) is 9.30. The van der Waals surface area contributed by atoms with E-state index >= 15 is 0 Å². The van der Waals surface area contributed by atoms with Gasteiger partial charge in [0.2, 0.25) is 0 Å². The average Bonchev–Trinajstić information content (AvgIpc) is 2.90. The van der Waals surface area contributed by atoms with Crippen molar-refractivity contribution >= 4 is 39.8 Å². The summed E-state index contributed by atoms with van der Waals surface area (Å²) < 4.78 is 13.4. The van der Waals surface area contributed by atoms with Crippen LogP contribution in [-0.2, 0) is 28.0 Å². The molecule has 0 spiro atoms. The third-order valence-electron chi connectivity index (χ3n) is 12.9. The molecule has 0 amide bonds. The molecule has 0 aliphatic heterocycles. The highest BCUT2D eigenvalue weighted by Gasteiger charge is 2.53. The summed E-state index contributed by atoms with van der Waals surface area (Å²) in [5.74, 6) is 1.17. The summed E-state index contributed by atoms with van der Waals surface area (Å²) in [7, 11) is -3.81. The van der Waals surface area contributed by atoms with Crippen LogP contribution >= 0.6 is 0 Å². The van der Waals surface area contributed by atoms with Gasteiger partial charge in [0.25, 0.3) is 0 Å². The molecule has 2 aliphatic rings. The Morgan fingerprint density at radius 3 is 1.55 bits per heavy atom. The first-order valence-corrected chi connectivity index (χ1v) is 23.8. The summed E-state index contributed by atoms with van der Waals surface area (Å²) >= 11 is 0. The van der Waals surface area contributed by atoms with Gasteiger partial charge in [0.15, 0.2) is 16.6 Å². The minimum Gasteiger partial charge on any atom is -0.414 e. The van der Waals surface area contributed by atoms with Crippen molar-refractivity contribution in [1.82, 2.24) is 0 Å². The second-order valence-electron chi connectivity index (χ2n) is 18.6. The maximum absolute atomic E-state index is 13.0. The van der Waals surface area contributed by atoms with Crippen molar-refractivity contribution in [3.63, 3.8) is 0 Å². The maximum atomic E-state index is 13.0. The van der Waals surface area contributed by atoms with Crippen LogP contribution in [0.4, 0.5) is 0 Å². The number of carbonyl (C=O) groups is 4. The van der Waals surface area contributed by atoms with Gasteiger partial charge >= 0.3 is 0 Å². The van der Waals surface area contributed by atoms with Crippen LogP contribution in [0.3, 0.4) is 0 Å². The first kappa shape index (κ1) is 43.8. The highest BCUT2D eigenvalue weighted by atomic mass is 28.4. The number of ketones is 4. The zero-order chi connectivity index (χ0) is 37.1. The summed E-state index contributed by atoms with van der Waals surface area (Å²) in [4.78, 5) is 48.3. The molecule has 0 radical (unpaired) electrons. The van der Waals surface area contributed by atoms with E-state index in [0.29, 0.717) is 44.3 Å². The van der Waals surface area contributed by atoms with Crippen LogP contribution in [-0.4, -0.2) is 52.0 Å². The van der Waals surface area contributed by atoms with Crippen molar-refractivity contribution in [1.29, 1.82) is 0 Å². The van der Waals surface area contributed by atoms with E-state index in [0.717, 1.165) is 12.0 Å². The van der Waals surface area contributed by atoms with E-state index in [-0.39, 0.29) is 57.4 Å². The SMILES string of the molecule is C=C(C)[C@H]1CC(=O)[C@](C)(CCC(C)=O)[C@@H](C)[C@@H]1O[Si](C)(C)C(C)(C)C.CC(=O)CC[C@@]1(C)C(=O)CC[C@@H](O[Si](C)(C)C(C)(C)C)[C@@H]1C. The largest absolute Gasteiger partial charge is 0.414 e. The second kappa shape index (κ2) is 15.8. The Hall–Kier alpha value is -1.23. The van der Waals surface area contributed by atoms with Crippen LogP contribution in [0.2, 0.25) is 36.3 Å². The van der Waals surface area contributed by atoms with E-state index in [1.54, 1.807) is 13.8 Å². The molecule has 0 aromatic heterocycles. The van der Waals surface area contributed by atoms with Crippen molar-refractivity contribution in [3.8, 4) is 0 Å². The standard InChI is InChI=1S/C21H38O3Si.C18H34O3Si/c1-14(2)17-13-18(23)21(8,12-11-15(3)22)16(4)19(17)24-25(9,10)20(5,6)7;1-13(19)11-12-18(6)14(2)15(9-10-16(18)20)21-22(7,8)17(3,4)5/h16-17,19H,1,11-13H2,2-10H3;14-15H,9-12H2,1-8H3/t16-,17+,19-,21+;14-,15+,18+/m00/s1. The summed E-state index contributed by atoms with van der Waals surface area (Å²) in [6.07, 6.45) is 4.22. The van der Waals surface area contributed by atoms with Crippen molar-refractivity contribution in [2.75, 3.05) is 0 Å². The van der Waals surface area contributed by atoms with Gasteiger partial charge in [0.1, 0.15) is 23.1 Å². The maximum Gasteiger partial charge on any atom is 0.192 e. The predicted molar refractivity (Wildman–Crippen MR) is 201 cm³/mol. The molecule has 6 nitrogen and oxygen atoms in total. The lowest BCUT2D eigenvalue weighted by atomic mass is 9.60. The molecule has 0 aromatic carbocycles. The van der Waals surface area contributed by atoms with Crippen LogP contribution in [0.5, 0.6) is 0 Å². The molecule has 0 N–H and O–H groups in total. The monoisotopic (exact) mass is 692 g/mol. The predicted octanol–water partition coefficient (Wildman–Crippen LogP) is 10.3. The molecular weight excluding hydrogens is 621 g/mol. The Morgan fingerprint density at radius 1 is 0.766 bits per heavy atom. The third kappa shape index (κ3) is 10.6. The topological polar surface area (TPSA) is 86.7 Å². The lowest BCUT2D eigenvalue weighted by Gasteiger charge is -2.51. The van der Waals surface area contributed by atoms with E-state index in [1.165, 1.54) is 0 Å². The Bertz CT molecular complexity index is 1160. The molecular formula is C39H72O6Si2. The van der Waals surface area contributed by atoms with Gasteiger partial charge < -0.3 is 18.4 Å². The minimum absolute atomic E-state index is 0.00644. The number of rotatable bonds is 11. The van der Waals surface area contributed by atoms with E-state index in [2.05, 4.69) is 88.2 Å². The lowest BCUT2D eigenvalue weighted by molar-refractivity contribution is -0.143. The van der Waals surface area contributed by atoms with Gasteiger partial charge in [-0.15, -0.1) is 0 Å². The van der Waals surface area contributed by atoms with Crippen molar-refractivity contribution in [2.24, 2.45) is 28.6 Å². The zero-order valence-corrected chi connectivity index (χ0v) is 35.5. The van der Waals surface area contributed by atoms with E-state index in [4.69, 9.17) is 8.85 Å². The Kier molecular flexibility index (Phi) is 14.7. The first-order chi connectivity index (χ1) is 20.9. The molecule has 7 atom stereocenters. The van der Waals surface area contributed by atoms with Gasteiger partial charge in [0, 0.05) is 48.5 Å². The Balaban J connectivity index is 0.000000474. The van der Waals surface area contributed by atoms with E-state index in [1.807, 2.05) is 20.8 Å². The highest BCUT2D eigenvalue weighted by molar-refractivity contribution is 6.74. The molecule has 0 aromatic rings. The van der Waals surface area contributed by atoms with Crippen molar-refractivity contribution < 1.29 is 28.0 Å². The van der Waals surface area contributed by atoms with Gasteiger partial charge in [-0.1, -0.05) is 81.4 Å². The molecule has 272 valence electrons. The summed E-state index contributed by atoms with van der Waals surface area (Å²) in [5, 5.41) is 0.285. The van der Waals surface area contributed by atoms with Gasteiger partial charge in [0.05, 0.1) is 6.10 Å². The summed E-state index contributed by atoms with van der Waals surface area (Å²) in [5.41, 5.74) is 0.110. The van der Waals surface area contributed by atoms with Crippen LogP contribution in [0.15, 0.2) is 12.2 Å². The van der Waals surface area contributed by atoms with Crippen molar-refractivity contribution in [3.05, 3.63) is 12.2 Å². The summed E-state index contributed by atoms with van der Waals surface area (Å²) in [6, 6.07) is 0. The first-order valence-electron chi connectivity index (χ1n) is 18.0. The molecule has 0 saturated heterocycles. The highest BCUT2D eigenvalue weighted by Crippen LogP contribution is 2.50. The molecule has 0 heterocycles. The summed E-state index contributed by atoms with van der Waals surface area (Å²) in [6.45, 7) is 40.2. The number of carbonyl (C=O) groups excluding carboxylic acids is 4. The van der Waals surface area contributed by atoms with Crippen LogP contribution in [0.1, 0.15) is 135 Å². The molecule has 2 rings (SSSR count). The normalized spacial score (nSPS) is 30.8. The Morgan fingerprint density at radius 2 is 1.17 bits per heavy atom. The molecule has 2 fully saturated rings. The van der Waals surface area contributed by atoms with Gasteiger partial charge in [-0.05, 0) is 88.1 Å². The lowest BCUT2D eigenvalue weighted by Crippen LogP contribution is -2.56. The molecule has 2 saturated carbocycles. The Labute approximate surface area is 291 Å². The molecule has 2 aliphatic carbocycles. The van der Waals surface area contributed by atoms with Crippen LogP contribution in [0, 0.1) is 28.6 Å². The third-order valence-corrected chi connectivity index (χ3v) is 21.9. The van der Waals surface area contributed by atoms with Gasteiger partial charge in [-0.2, -0.15) is 0 Å². The van der Waals surface area contributed by atoms with Gasteiger partial charge in [-0.3, -0.25) is 9.59 Å².